The van der Waals surface area contributed by atoms with Gasteiger partial charge in [-0.1, -0.05) is 0 Å². The largest absolute Gasteiger partial charge is 0.463 e. The van der Waals surface area contributed by atoms with E-state index >= 15 is 0 Å². The van der Waals surface area contributed by atoms with Gasteiger partial charge in [0, 0.05) is 18.3 Å². The van der Waals surface area contributed by atoms with Gasteiger partial charge in [0.15, 0.2) is 0 Å². The molecule has 0 unspecified atom stereocenters. The summed E-state index contributed by atoms with van der Waals surface area (Å²) in [6.07, 6.45) is 2.03. The van der Waals surface area contributed by atoms with E-state index in [9.17, 15) is 4.79 Å². The number of rotatable bonds is 5. The highest BCUT2D eigenvalue weighted by Crippen LogP contribution is 1.94. The van der Waals surface area contributed by atoms with E-state index in [4.69, 9.17) is 10.5 Å². The summed E-state index contributed by atoms with van der Waals surface area (Å²) in [4.78, 5) is 12.9. The lowest BCUT2D eigenvalue weighted by Crippen LogP contribution is -2.16. The Labute approximate surface area is 79.3 Å². The predicted octanol–water partition coefficient (Wildman–Crippen LogP) is 0.344. The quantitative estimate of drug-likeness (QED) is 0.497. The Morgan fingerprint density at radius 1 is 1.54 bits per heavy atom. The van der Waals surface area contributed by atoms with Crippen LogP contribution in [0, 0.1) is 0 Å². The standard InChI is InChI=1S/C9H18N2O2/c1-4-13-9(12)7-8(10)5-6-11(2)3/h7H,4-6,10H2,1-3H3/b8-7-. The number of esters is 1. The summed E-state index contributed by atoms with van der Waals surface area (Å²) in [5.74, 6) is -0.362. The Morgan fingerprint density at radius 2 is 2.15 bits per heavy atom. The minimum Gasteiger partial charge on any atom is -0.463 e. The smallest absolute Gasteiger partial charge is 0.332 e. The molecule has 0 heterocycles. The Kier molecular flexibility index (Phi) is 5.97. The van der Waals surface area contributed by atoms with Crippen molar-refractivity contribution in [3.63, 3.8) is 0 Å². The van der Waals surface area contributed by atoms with Gasteiger partial charge in [-0.3, -0.25) is 0 Å². The van der Waals surface area contributed by atoms with E-state index in [0.29, 0.717) is 18.7 Å². The lowest BCUT2D eigenvalue weighted by molar-refractivity contribution is -0.137. The second-order valence-electron chi connectivity index (χ2n) is 3.02. The van der Waals surface area contributed by atoms with Crippen LogP contribution in [-0.2, 0) is 9.53 Å². The normalized spacial score (nSPS) is 11.8. The molecule has 0 rings (SSSR count). The van der Waals surface area contributed by atoms with Crippen LogP contribution in [0.25, 0.3) is 0 Å². The fourth-order valence-electron chi connectivity index (χ4n) is 0.760. The van der Waals surface area contributed by atoms with Gasteiger partial charge in [0.05, 0.1) is 6.61 Å². The highest BCUT2D eigenvalue weighted by molar-refractivity contribution is 5.82. The maximum Gasteiger partial charge on any atom is 0.332 e. The number of hydrogen-bond acceptors (Lipinski definition) is 4. The fourth-order valence-corrected chi connectivity index (χ4v) is 0.760. The first-order valence-corrected chi connectivity index (χ1v) is 4.33. The zero-order valence-corrected chi connectivity index (χ0v) is 8.54. The zero-order valence-electron chi connectivity index (χ0n) is 8.54. The second kappa shape index (κ2) is 6.48. The molecule has 0 aromatic heterocycles. The number of nitrogens with zero attached hydrogens (tertiary/aromatic N) is 1. The van der Waals surface area contributed by atoms with Gasteiger partial charge < -0.3 is 15.4 Å². The van der Waals surface area contributed by atoms with Crippen LogP contribution in [0.5, 0.6) is 0 Å². The molecule has 0 aliphatic heterocycles. The van der Waals surface area contributed by atoms with E-state index in [1.54, 1.807) is 6.92 Å². The molecular weight excluding hydrogens is 168 g/mol. The number of carbonyl (C=O) groups is 1. The predicted molar refractivity (Wildman–Crippen MR) is 52.1 cm³/mol. The molecule has 0 radical (unpaired) electrons. The van der Waals surface area contributed by atoms with Crippen molar-refractivity contribution in [1.82, 2.24) is 4.90 Å². The molecule has 13 heavy (non-hydrogen) atoms. The van der Waals surface area contributed by atoms with Crippen LogP contribution >= 0.6 is 0 Å². The lowest BCUT2D eigenvalue weighted by atomic mass is 10.3. The highest BCUT2D eigenvalue weighted by Gasteiger charge is 1.99. The Morgan fingerprint density at radius 3 is 2.62 bits per heavy atom. The third-order valence-corrected chi connectivity index (χ3v) is 1.44. The van der Waals surface area contributed by atoms with E-state index in [1.807, 2.05) is 19.0 Å². The van der Waals surface area contributed by atoms with Crippen molar-refractivity contribution in [3.05, 3.63) is 11.8 Å². The van der Waals surface area contributed by atoms with Crippen molar-refractivity contribution in [2.24, 2.45) is 5.73 Å². The molecule has 0 aliphatic carbocycles. The van der Waals surface area contributed by atoms with Gasteiger partial charge in [0.1, 0.15) is 0 Å². The molecule has 0 spiro atoms. The van der Waals surface area contributed by atoms with Crippen molar-refractivity contribution in [2.45, 2.75) is 13.3 Å². The van der Waals surface area contributed by atoms with E-state index in [-0.39, 0.29) is 5.97 Å². The minimum absolute atomic E-state index is 0.362. The van der Waals surface area contributed by atoms with Gasteiger partial charge in [-0.2, -0.15) is 0 Å². The second-order valence-corrected chi connectivity index (χ2v) is 3.02. The summed E-state index contributed by atoms with van der Waals surface area (Å²) < 4.78 is 4.71. The maximum absolute atomic E-state index is 10.9. The first-order chi connectivity index (χ1) is 6.06. The third-order valence-electron chi connectivity index (χ3n) is 1.44. The van der Waals surface area contributed by atoms with Crippen LogP contribution < -0.4 is 5.73 Å². The number of ether oxygens (including phenoxy) is 1. The molecule has 0 amide bonds. The van der Waals surface area contributed by atoms with Crippen molar-refractivity contribution in [1.29, 1.82) is 0 Å². The molecule has 0 saturated heterocycles. The van der Waals surface area contributed by atoms with Gasteiger partial charge >= 0.3 is 5.97 Å². The van der Waals surface area contributed by atoms with Gasteiger partial charge in [0.2, 0.25) is 0 Å². The van der Waals surface area contributed by atoms with Crippen LogP contribution in [0.2, 0.25) is 0 Å². The molecule has 4 heteroatoms. The summed E-state index contributed by atoms with van der Waals surface area (Å²) in [7, 11) is 3.91. The third kappa shape index (κ3) is 7.33. The molecule has 0 aromatic carbocycles. The molecule has 0 aromatic rings. The summed E-state index contributed by atoms with van der Waals surface area (Å²) in [5, 5.41) is 0. The van der Waals surface area contributed by atoms with Crippen LogP contribution in [0.3, 0.4) is 0 Å². The average molecular weight is 186 g/mol. The number of hydrogen-bond donors (Lipinski definition) is 1. The first kappa shape index (κ1) is 12.0. The molecule has 76 valence electrons. The summed E-state index contributed by atoms with van der Waals surface area (Å²) in [6, 6.07) is 0. The maximum atomic E-state index is 10.9. The first-order valence-electron chi connectivity index (χ1n) is 4.33. The van der Waals surface area contributed by atoms with Crippen molar-refractivity contribution >= 4 is 5.97 Å². The highest BCUT2D eigenvalue weighted by atomic mass is 16.5. The van der Waals surface area contributed by atoms with Gasteiger partial charge in [-0.15, -0.1) is 0 Å². The molecule has 0 fully saturated rings. The molecule has 0 saturated carbocycles. The van der Waals surface area contributed by atoms with E-state index in [1.165, 1.54) is 6.08 Å². The molecular formula is C9H18N2O2. The summed E-state index contributed by atoms with van der Waals surface area (Å²) in [6.45, 7) is 2.99. The molecule has 0 bridgehead atoms. The van der Waals surface area contributed by atoms with Crippen LogP contribution in [0.1, 0.15) is 13.3 Å². The van der Waals surface area contributed by atoms with Gasteiger partial charge in [0.25, 0.3) is 0 Å². The average Bonchev–Trinajstić information content (AvgIpc) is 2.01. The van der Waals surface area contributed by atoms with E-state index in [2.05, 4.69) is 0 Å². The van der Waals surface area contributed by atoms with Crippen molar-refractivity contribution in [3.8, 4) is 0 Å². The minimum atomic E-state index is -0.362. The topological polar surface area (TPSA) is 55.6 Å². The Bertz CT molecular complexity index is 188. The summed E-state index contributed by atoms with van der Waals surface area (Å²) in [5.41, 5.74) is 6.15. The van der Waals surface area contributed by atoms with Crippen LogP contribution in [-0.4, -0.2) is 38.1 Å². The molecule has 4 nitrogen and oxygen atoms in total. The molecule has 0 atom stereocenters. The van der Waals surface area contributed by atoms with Crippen LogP contribution in [0.15, 0.2) is 11.8 Å². The summed E-state index contributed by atoms with van der Waals surface area (Å²) >= 11 is 0. The fraction of sp³-hybridized carbons (Fsp3) is 0.667. The zero-order chi connectivity index (χ0) is 10.3. The molecule has 0 aliphatic rings. The van der Waals surface area contributed by atoms with Gasteiger partial charge in [-0.05, 0) is 27.4 Å². The Balaban J connectivity index is 3.80. The Hall–Kier alpha value is -1.03. The SMILES string of the molecule is CCOC(=O)/C=C(\N)CCN(C)C. The van der Waals surface area contributed by atoms with E-state index in [0.717, 1.165) is 6.54 Å². The van der Waals surface area contributed by atoms with Gasteiger partial charge in [-0.25, -0.2) is 4.79 Å². The number of carbonyl (C=O) groups excluding carboxylic acids is 1. The monoisotopic (exact) mass is 186 g/mol. The van der Waals surface area contributed by atoms with Crippen molar-refractivity contribution in [2.75, 3.05) is 27.2 Å². The lowest BCUT2D eigenvalue weighted by Gasteiger charge is -2.08. The van der Waals surface area contributed by atoms with E-state index < -0.39 is 0 Å². The number of nitrogens with two attached hydrogens (primary N) is 1. The molecule has 2 N–H and O–H groups in total. The van der Waals surface area contributed by atoms with Crippen molar-refractivity contribution < 1.29 is 9.53 Å². The van der Waals surface area contributed by atoms with Crippen LogP contribution in [0.4, 0.5) is 0 Å².